The molecule has 1 heterocycles. The number of phenols is 1. The second kappa shape index (κ2) is 5.84. The van der Waals surface area contributed by atoms with Gasteiger partial charge in [-0.05, 0) is 78.2 Å². The standard InChI is InChI=1S/C16H22BrNO/c17-13-10-11-6-2-1-3-7-12(11)15(16(13)19)14-8-4-5-9-18-14/h10,14,18-19H,1-9H2. The molecule has 1 aliphatic carbocycles. The van der Waals surface area contributed by atoms with Crippen molar-refractivity contribution in [1.29, 1.82) is 0 Å². The van der Waals surface area contributed by atoms with E-state index in [1.165, 1.54) is 48.8 Å². The first-order valence-corrected chi connectivity index (χ1v) is 8.33. The minimum Gasteiger partial charge on any atom is -0.506 e. The molecule has 2 aliphatic rings. The van der Waals surface area contributed by atoms with E-state index in [4.69, 9.17) is 0 Å². The Labute approximate surface area is 123 Å². The highest BCUT2D eigenvalue weighted by Gasteiger charge is 2.25. The monoisotopic (exact) mass is 323 g/mol. The van der Waals surface area contributed by atoms with Gasteiger partial charge in [-0.1, -0.05) is 12.8 Å². The van der Waals surface area contributed by atoms with Crippen LogP contribution in [0.3, 0.4) is 0 Å². The molecule has 1 unspecified atom stereocenters. The summed E-state index contributed by atoms with van der Waals surface area (Å²) in [5.74, 6) is 0.472. The molecule has 104 valence electrons. The highest BCUT2D eigenvalue weighted by Crippen LogP contribution is 2.41. The number of aromatic hydroxyl groups is 1. The predicted molar refractivity (Wildman–Crippen MR) is 81.7 cm³/mol. The second-order valence-electron chi connectivity index (χ2n) is 5.82. The molecule has 1 aliphatic heterocycles. The van der Waals surface area contributed by atoms with E-state index in [-0.39, 0.29) is 0 Å². The molecule has 0 aromatic heterocycles. The van der Waals surface area contributed by atoms with Crippen molar-refractivity contribution >= 4 is 15.9 Å². The summed E-state index contributed by atoms with van der Waals surface area (Å²) in [5, 5.41) is 14.1. The molecule has 0 radical (unpaired) electrons. The highest BCUT2D eigenvalue weighted by molar-refractivity contribution is 9.10. The van der Waals surface area contributed by atoms with Gasteiger partial charge in [0.1, 0.15) is 5.75 Å². The zero-order valence-corrected chi connectivity index (χ0v) is 12.9. The third-order valence-corrected chi connectivity index (χ3v) is 5.13. The van der Waals surface area contributed by atoms with Gasteiger partial charge in [-0.15, -0.1) is 0 Å². The first-order chi connectivity index (χ1) is 9.27. The van der Waals surface area contributed by atoms with Gasteiger partial charge in [-0.3, -0.25) is 0 Å². The van der Waals surface area contributed by atoms with Crippen molar-refractivity contribution in [1.82, 2.24) is 5.32 Å². The van der Waals surface area contributed by atoms with Crippen LogP contribution in [0.5, 0.6) is 5.75 Å². The van der Waals surface area contributed by atoms with Crippen LogP contribution in [-0.2, 0) is 12.8 Å². The van der Waals surface area contributed by atoms with E-state index in [0.29, 0.717) is 11.8 Å². The zero-order chi connectivity index (χ0) is 13.2. The highest BCUT2D eigenvalue weighted by atomic mass is 79.9. The smallest absolute Gasteiger partial charge is 0.134 e. The Morgan fingerprint density at radius 1 is 1.11 bits per heavy atom. The van der Waals surface area contributed by atoms with Gasteiger partial charge in [0.2, 0.25) is 0 Å². The van der Waals surface area contributed by atoms with E-state index in [1.807, 2.05) is 0 Å². The van der Waals surface area contributed by atoms with Gasteiger partial charge in [-0.2, -0.15) is 0 Å². The number of benzene rings is 1. The third kappa shape index (κ3) is 2.68. The predicted octanol–water partition coefficient (Wildman–Crippen LogP) is 4.24. The summed E-state index contributed by atoms with van der Waals surface area (Å²) in [6.07, 6.45) is 9.81. The molecule has 1 aromatic carbocycles. The number of nitrogens with one attached hydrogen (secondary N) is 1. The molecular formula is C16H22BrNO. The molecule has 2 N–H and O–H groups in total. The van der Waals surface area contributed by atoms with Crippen LogP contribution in [0.15, 0.2) is 10.5 Å². The van der Waals surface area contributed by atoms with Crippen LogP contribution in [0.4, 0.5) is 0 Å². The number of hydrogen-bond donors (Lipinski definition) is 2. The van der Waals surface area contributed by atoms with Crippen LogP contribution in [0.2, 0.25) is 0 Å². The van der Waals surface area contributed by atoms with Crippen LogP contribution in [0.25, 0.3) is 0 Å². The third-order valence-electron chi connectivity index (χ3n) is 4.53. The fraction of sp³-hybridized carbons (Fsp3) is 0.625. The van der Waals surface area contributed by atoms with Gasteiger partial charge in [0, 0.05) is 11.6 Å². The number of phenolic OH excluding ortho intramolecular Hbond substituents is 1. The van der Waals surface area contributed by atoms with E-state index in [1.54, 1.807) is 0 Å². The summed E-state index contributed by atoms with van der Waals surface area (Å²) in [6, 6.07) is 2.49. The number of piperidine rings is 1. The minimum atomic E-state index is 0.345. The fourth-order valence-corrected chi connectivity index (χ4v) is 4.03. The van der Waals surface area contributed by atoms with Gasteiger partial charge in [-0.25, -0.2) is 0 Å². The first kappa shape index (κ1) is 13.4. The van der Waals surface area contributed by atoms with Gasteiger partial charge in [0.25, 0.3) is 0 Å². The topological polar surface area (TPSA) is 32.3 Å². The summed E-state index contributed by atoms with van der Waals surface area (Å²) in [5.41, 5.74) is 4.06. The normalized spacial score (nSPS) is 23.7. The molecule has 0 amide bonds. The molecule has 3 heteroatoms. The van der Waals surface area contributed by atoms with Crippen molar-refractivity contribution in [3.05, 3.63) is 27.2 Å². The first-order valence-electron chi connectivity index (χ1n) is 7.54. The van der Waals surface area contributed by atoms with Gasteiger partial charge in [0.05, 0.1) is 4.47 Å². The van der Waals surface area contributed by atoms with Crippen LogP contribution in [0.1, 0.15) is 61.3 Å². The largest absolute Gasteiger partial charge is 0.506 e. The summed E-state index contributed by atoms with van der Waals surface area (Å²) >= 11 is 3.54. The molecule has 1 saturated heterocycles. The Morgan fingerprint density at radius 3 is 2.74 bits per heavy atom. The summed E-state index contributed by atoms with van der Waals surface area (Å²) < 4.78 is 0.871. The van der Waals surface area contributed by atoms with Crippen molar-refractivity contribution in [2.45, 2.75) is 57.4 Å². The number of rotatable bonds is 1. The average molecular weight is 324 g/mol. The SMILES string of the molecule is Oc1c(Br)cc2c(c1C1CCCCN1)CCCCC2. The molecule has 1 atom stereocenters. The Hall–Kier alpha value is -0.540. The Bertz CT molecular complexity index is 466. The molecule has 1 aromatic rings. The number of fused-ring (bicyclic) bond motifs is 1. The summed E-state index contributed by atoms with van der Waals surface area (Å²) in [4.78, 5) is 0. The molecular weight excluding hydrogens is 302 g/mol. The van der Waals surface area contributed by atoms with Gasteiger partial charge >= 0.3 is 0 Å². The number of aryl methyl sites for hydroxylation is 1. The summed E-state index contributed by atoms with van der Waals surface area (Å²) in [6.45, 7) is 1.07. The molecule has 0 saturated carbocycles. The van der Waals surface area contributed by atoms with Crippen LogP contribution in [0, 0.1) is 0 Å². The number of halogens is 1. The van der Waals surface area contributed by atoms with Gasteiger partial charge < -0.3 is 10.4 Å². The van der Waals surface area contributed by atoms with Crippen LogP contribution < -0.4 is 5.32 Å². The van der Waals surface area contributed by atoms with Crippen molar-refractivity contribution in [2.24, 2.45) is 0 Å². The molecule has 3 rings (SSSR count). The van der Waals surface area contributed by atoms with E-state index in [9.17, 15) is 5.11 Å². The lowest BCUT2D eigenvalue weighted by molar-refractivity contribution is 0.387. The maximum atomic E-state index is 10.5. The van der Waals surface area contributed by atoms with E-state index >= 15 is 0 Å². The quantitative estimate of drug-likeness (QED) is 0.758. The lowest BCUT2D eigenvalue weighted by Crippen LogP contribution is -2.28. The van der Waals surface area contributed by atoms with Crippen molar-refractivity contribution in [3.8, 4) is 5.75 Å². The minimum absolute atomic E-state index is 0.345. The molecule has 0 spiro atoms. The maximum absolute atomic E-state index is 10.5. The lowest BCUT2D eigenvalue weighted by atomic mass is 9.88. The van der Waals surface area contributed by atoms with Crippen molar-refractivity contribution in [2.75, 3.05) is 6.54 Å². The molecule has 0 bridgehead atoms. The van der Waals surface area contributed by atoms with Crippen molar-refractivity contribution in [3.63, 3.8) is 0 Å². The second-order valence-corrected chi connectivity index (χ2v) is 6.68. The van der Waals surface area contributed by atoms with E-state index in [2.05, 4.69) is 27.3 Å². The van der Waals surface area contributed by atoms with Crippen LogP contribution in [-0.4, -0.2) is 11.7 Å². The maximum Gasteiger partial charge on any atom is 0.134 e. The van der Waals surface area contributed by atoms with Crippen LogP contribution >= 0.6 is 15.9 Å². The lowest BCUT2D eigenvalue weighted by Gasteiger charge is -2.28. The fourth-order valence-electron chi connectivity index (χ4n) is 3.54. The Kier molecular flexibility index (Phi) is 4.13. The number of hydrogen-bond acceptors (Lipinski definition) is 2. The molecule has 19 heavy (non-hydrogen) atoms. The zero-order valence-electron chi connectivity index (χ0n) is 11.3. The van der Waals surface area contributed by atoms with E-state index in [0.717, 1.165) is 30.3 Å². The van der Waals surface area contributed by atoms with E-state index < -0.39 is 0 Å². The molecule has 2 nitrogen and oxygen atoms in total. The Balaban J connectivity index is 2.07. The summed E-state index contributed by atoms with van der Waals surface area (Å²) in [7, 11) is 0. The van der Waals surface area contributed by atoms with Crippen molar-refractivity contribution < 1.29 is 5.11 Å². The Morgan fingerprint density at radius 2 is 1.95 bits per heavy atom. The average Bonchev–Trinajstić information content (AvgIpc) is 2.66. The van der Waals surface area contributed by atoms with Gasteiger partial charge in [0.15, 0.2) is 0 Å². The molecule has 1 fully saturated rings.